The maximum Gasteiger partial charge on any atom is 0.307 e. The highest BCUT2D eigenvalue weighted by Crippen LogP contribution is 2.32. The first-order valence-corrected chi connectivity index (χ1v) is 8.61. The summed E-state index contributed by atoms with van der Waals surface area (Å²) in [6.45, 7) is 4.21. The molecule has 116 valence electrons. The quantitative estimate of drug-likeness (QED) is 0.871. The van der Waals surface area contributed by atoms with Crippen molar-refractivity contribution in [3.8, 4) is 0 Å². The molecule has 5 nitrogen and oxygen atoms in total. The Morgan fingerprint density at radius 3 is 2.33 bits per heavy atom. The molecule has 0 radical (unpaired) electrons. The average Bonchev–Trinajstić information content (AvgIpc) is 2.70. The number of carboxylic acids is 1. The van der Waals surface area contributed by atoms with E-state index in [1.54, 1.807) is 12.1 Å². The Morgan fingerprint density at radius 1 is 1.24 bits per heavy atom. The van der Waals surface area contributed by atoms with Gasteiger partial charge in [0.2, 0.25) is 10.0 Å². The molecule has 1 aromatic carbocycles. The van der Waals surface area contributed by atoms with Crippen LogP contribution in [0.25, 0.3) is 0 Å². The number of carbonyl (C=O) groups is 1. The number of rotatable bonds is 5. The van der Waals surface area contributed by atoms with E-state index in [0.29, 0.717) is 17.4 Å². The second-order valence-electron chi connectivity index (χ2n) is 5.86. The first-order chi connectivity index (χ1) is 9.79. The van der Waals surface area contributed by atoms with Gasteiger partial charge in [-0.2, -0.15) is 0 Å². The van der Waals surface area contributed by atoms with Gasteiger partial charge in [0.25, 0.3) is 0 Å². The molecular formula is C15H21NO4S. The second kappa shape index (κ2) is 6.15. The lowest BCUT2D eigenvalue weighted by Gasteiger charge is -2.19. The second-order valence-corrected chi connectivity index (χ2v) is 7.57. The average molecular weight is 311 g/mol. The highest BCUT2D eigenvalue weighted by atomic mass is 32.2. The Morgan fingerprint density at radius 2 is 1.86 bits per heavy atom. The van der Waals surface area contributed by atoms with Crippen LogP contribution in [0.5, 0.6) is 0 Å². The van der Waals surface area contributed by atoms with Gasteiger partial charge < -0.3 is 5.11 Å². The van der Waals surface area contributed by atoms with Gasteiger partial charge in [-0.15, -0.1) is 0 Å². The van der Waals surface area contributed by atoms with Gasteiger partial charge >= 0.3 is 5.97 Å². The minimum atomic E-state index is -3.54. The van der Waals surface area contributed by atoms with Crippen molar-refractivity contribution in [3.63, 3.8) is 0 Å². The van der Waals surface area contributed by atoms with Crippen LogP contribution in [-0.2, 0) is 21.2 Å². The molecular weight excluding hydrogens is 290 g/mol. The van der Waals surface area contributed by atoms with E-state index >= 15 is 0 Å². The predicted molar refractivity (Wildman–Crippen MR) is 79.5 cm³/mol. The minimum Gasteiger partial charge on any atom is -0.481 e. The van der Waals surface area contributed by atoms with E-state index in [9.17, 15) is 13.2 Å². The molecule has 1 saturated carbocycles. The molecule has 1 fully saturated rings. The number of hydrogen-bond acceptors (Lipinski definition) is 3. The van der Waals surface area contributed by atoms with Gasteiger partial charge in [-0.3, -0.25) is 4.79 Å². The third kappa shape index (κ3) is 3.83. The fourth-order valence-corrected chi connectivity index (χ4v) is 4.12. The van der Waals surface area contributed by atoms with E-state index in [1.165, 1.54) is 12.1 Å². The van der Waals surface area contributed by atoms with Gasteiger partial charge in [-0.05, 0) is 42.4 Å². The number of aliphatic carboxylic acids is 1. The lowest BCUT2D eigenvalue weighted by molar-refractivity contribution is -0.136. The lowest BCUT2D eigenvalue weighted by atomic mass is 9.98. The highest BCUT2D eigenvalue weighted by molar-refractivity contribution is 7.89. The molecule has 3 atom stereocenters. The molecule has 0 heterocycles. The summed E-state index contributed by atoms with van der Waals surface area (Å²) < 4.78 is 27.5. The van der Waals surface area contributed by atoms with Crippen molar-refractivity contribution in [2.75, 3.05) is 0 Å². The van der Waals surface area contributed by atoms with Crippen molar-refractivity contribution in [1.82, 2.24) is 4.72 Å². The van der Waals surface area contributed by atoms with Crippen LogP contribution in [0.4, 0.5) is 0 Å². The Hall–Kier alpha value is -1.40. The standard InChI is InChI=1S/C15H21NO4S/c1-10-3-8-14(11(10)2)16-21(19,20)13-6-4-12(5-7-13)9-15(17)18/h4-7,10-11,14,16H,3,8-9H2,1-2H3,(H,17,18). The summed E-state index contributed by atoms with van der Waals surface area (Å²) in [5, 5.41) is 8.71. The van der Waals surface area contributed by atoms with Crippen molar-refractivity contribution >= 4 is 16.0 Å². The predicted octanol–water partition coefficient (Wildman–Crippen LogP) is 2.03. The Labute approximate surface area is 125 Å². The number of nitrogens with one attached hydrogen (secondary N) is 1. The van der Waals surface area contributed by atoms with Crippen molar-refractivity contribution in [3.05, 3.63) is 29.8 Å². The zero-order valence-corrected chi connectivity index (χ0v) is 13.1. The molecule has 1 aliphatic carbocycles. The fourth-order valence-electron chi connectivity index (χ4n) is 2.76. The molecule has 6 heteroatoms. The largest absolute Gasteiger partial charge is 0.481 e. The smallest absolute Gasteiger partial charge is 0.307 e. The Balaban J connectivity index is 2.11. The van der Waals surface area contributed by atoms with Crippen LogP contribution in [0.3, 0.4) is 0 Å². The van der Waals surface area contributed by atoms with Crippen LogP contribution in [0.1, 0.15) is 32.3 Å². The van der Waals surface area contributed by atoms with Crippen molar-refractivity contribution < 1.29 is 18.3 Å². The summed E-state index contributed by atoms with van der Waals surface area (Å²) in [4.78, 5) is 10.8. The van der Waals surface area contributed by atoms with E-state index < -0.39 is 16.0 Å². The number of benzene rings is 1. The monoisotopic (exact) mass is 311 g/mol. The maximum absolute atomic E-state index is 12.3. The first-order valence-electron chi connectivity index (χ1n) is 7.12. The molecule has 0 spiro atoms. The minimum absolute atomic E-state index is 0.0244. The first kappa shape index (κ1) is 16.0. The van der Waals surface area contributed by atoms with E-state index in [2.05, 4.69) is 18.6 Å². The molecule has 1 aliphatic rings. The summed E-state index contributed by atoms with van der Waals surface area (Å²) in [5.41, 5.74) is 0.587. The molecule has 0 saturated heterocycles. The molecule has 1 aromatic rings. The lowest BCUT2D eigenvalue weighted by Crippen LogP contribution is -2.37. The molecule has 21 heavy (non-hydrogen) atoms. The molecule has 2 N–H and O–H groups in total. The van der Waals surface area contributed by atoms with Gasteiger partial charge in [-0.1, -0.05) is 26.0 Å². The molecule has 0 aliphatic heterocycles. The SMILES string of the molecule is CC1CCC(NS(=O)(=O)c2ccc(CC(=O)O)cc2)C1C. The highest BCUT2D eigenvalue weighted by Gasteiger charge is 2.32. The topological polar surface area (TPSA) is 83.5 Å². The molecule has 0 bridgehead atoms. The van der Waals surface area contributed by atoms with Crippen LogP contribution in [-0.4, -0.2) is 25.5 Å². The van der Waals surface area contributed by atoms with Gasteiger partial charge in [-0.25, -0.2) is 13.1 Å². The van der Waals surface area contributed by atoms with Crippen LogP contribution in [0.2, 0.25) is 0 Å². The fraction of sp³-hybridized carbons (Fsp3) is 0.533. The molecule has 2 rings (SSSR count). The van der Waals surface area contributed by atoms with Crippen molar-refractivity contribution in [2.24, 2.45) is 11.8 Å². The summed E-state index contributed by atoms with van der Waals surface area (Å²) in [7, 11) is -3.54. The third-order valence-electron chi connectivity index (χ3n) is 4.36. The summed E-state index contributed by atoms with van der Waals surface area (Å²) in [6, 6.07) is 5.99. The van der Waals surface area contributed by atoms with E-state index in [-0.39, 0.29) is 17.4 Å². The van der Waals surface area contributed by atoms with Crippen molar-refractivity contribution in [1.29, 1.82) is 0 Å². The normalized spacial score (nSPS) is 25.9. The van der Waals surface area contributed by atoms with E-state index in [4.69, 9.17) is 5.11 Å². The third-order valence-corrected chi connectivity index (χ3v) is 5.87. The summed E-state index contributed by atoms with van der Waals surface area (Å²) >= 11 is 0. The number of sulfonamides is 1. The van der Waals surface area contributed by atoms with Crippen LogP contribution < -0.4 is 4.72 Å². The molecule has 0 aromatic heterocycles. The zero-order chi connectivity index (χ0) is 15.6. The van der Waals surface area contributed by atoms with E-state index in [0.717, 1.165) is 12.8 Å². The van der Waals surface area contributed by atoms with Gasteiger partial charge in [0, 0.05) is 6.04 Å². The van der Waals surface area contributed by atoms with Gasteiger partial charge in [0.15, 0.2) is 0 Å². The van der Waals surface area contributed by atoms with Gasteiger partial charge in [0.05, 0.1) is 11.3 Å². The Bertz CT molecular complexity index is 609. The van der Waals surface area contributed by atoms with Crippen LogP contribution in [0.15, 0.2) is 29.2 Å². The molecule has 3 unspecified atom stereocenters. The van der Waals surface area contributed by atoms with Crippen molar-refractivity contribution in [2.45, 2.75) is 44.0 Å². The number of hydrogen-bond donors (Lipinski definition) is 2. The summed E-state index contributed by atoms with van der Waals surface area (Å²) in [6.07, 6.45) is 1.79. The zero-order valence-electron chi connectivity index (χ0n) is 12.2. The summed E-state index contributed by atoms with van der Waals surface area (Å²) in [5.74, 6) is -0.0841. The van der Waals surface area contributed by atoms with Crippen LogP contribution >= 0.6 is 0 Å². The van der Waals surface area contributed by atoms with E-state index in [1.807, 2.05) is 0 Å². The van der Waals surface area contributed by atoms with Gasteiger partial charge in [0.1, 0.15) is 0 Å². The molecule has 0 amide bonds. The number of carboxylic acid groups (broad SMARTS) is 1. The maximum atomic E-state index is 12.3. The van der Waals surface area contributed by atoms with Crippen LogP contribution in [0, 0.1) is 11.8 Å². The Kier molecular flexibility index (Phi) is 4.68.